The predicted molar refractivity (Wildman–Crippen MR) is 71.9 cm³/mol. The molecule has 2 aromatic rings. The lowest BCUT2D eigenvalue weighted by atomic mass is 10.3. The molecule has 0 spiro atoms. The van der Waals surface area contributed by atoms with E-state index >= 15 is 0 Å². The highest BCUT2D eigenvalue weighted by molar-refractivity contribution is 6.37. The van der Waals surface area contributed by atoms with Crippen molar-refractivity contribution in [3.8, 4) is 5.75 Å². The summed E-state index contributed by atoms with van der Waals surface area (Å²) in [7, 11) is 0. The average Bonchev–Trinajstić information content (AvgIpc) is 2.72. The first kappa shape index (κ1) is 13.1. The van der Waals surface area contributed by atoms with Crippen LogP contribution in [0.1, 0.15) is 10.5 Å². The van der Waals surface area contributed by atoms with Crippen LogP contribution in [0.25, 0.3) is 0 Å². The van der Waals surface area contributed by atoms with E-state index in [0.29, 0.717) is 16.4 Å². The van der Waals surface area contributed by atoms with E-state index in [-0.39, 0.29) is 21.7 Å². The van der Waals surface area contributed by atoms with Gasteiger partial charge in [0, 0.05) is 11.9 Å². The first-order chi connectivity index (χ1) is 8.47. The minimum atomic E-state index is -0.389. The number of aromatic hydroxyl groups is 1. The zero-order valence-corrected chi connectivity index (χ0v) is 11.1. The number of nitrogens with one attached hydrogen (secondary N) is 2. The normalized spacial score (nSPS) is 10.4. The minimum Gasteiger partial charge on any atom is -0.505 e. The third-order valence-electron chi connectivity index (χ3n) is 2.17. The smallest absolute Gasteiger partial charge is 0.272 e. The Kier molecular flexibility index (Phi) is 3.71. The Balaban J connectivity index is 2.22. The molecule has 0 bridgehead atoms. The molecule has 2 rings (SSSR count). The van der Waals surface area contributed by atoms with Crippen molar-refractivity contribution in [2.45, 2.75) is 0 Å². The van der Waals surface area contributed by atoms with E-state index in [1.54, 1.807) is 0 Å². The van der Waals surface area contributed by atoms with Gasteiger partial charge in [-0.05, 0) is 18.2 Å². The van der Waals surface area contributed by atoms with Crippen molar-refractivity contribution in [2.24, 2.45) is 0 Å². The molecule has 18 heavy (non-hydrogen) atoms. The number of anilines is 1. The molecule has 0 unspecified atom stereocenters. The lowest BCUT2D eigenvalue weighted by molar-refractivity contribution is 0.102. The fourth-order valence-corrected chi connectivity index (χ4v) is 1.99. The van der Waals surface area contributed by atoms with Gasteiger partial charge in [0.15, 0.2) is 5.75 Å². The van der Waals surface area contributed by atoms with E-state index in [2.05, 4.69) is 10.3 Å². The Hall–Kier alpha value is -1.36. The van der Waals surface area contributed by atoms with Gasteiger partial charge >= 0.3 is 0 Å². The summed E-state index contributed by atoms with van der Waals surface area (Å²) in [5, 5.41) is 12.5. The summed E-state index contributed by atoms with van der Waals surface area (Å²) in [4.78, 5) is 14.5. The molecular formula is C11H7Cl3N2O2. The van der Waals surface area contributed by atoms with E-state index < -0.39 is 0 Å². The van der Waals surface area contributed by atoms with E-state index in [1.807, 2.05) is 0 Å². The van der Waals surface area contributed by atoms with Crippen molar-refractivity contribution in [3.05, 3.63) is 45.2 Å². The molecule has 0 atom stereocenters. The van der Waals surface area contributed by atoms with Gasteiger partial charge < -0.3 is 15.4 Å². The minimum absolute atomic E-state index is 0.0577. The fraction of sp³-hybridized carbons (Fsp3) is 0. The number of amides is 1. The number of benzene rings is 1. The maximum absolute atomic E-state index is 11.8. The molecule has 0 aliphatic rings. The highest BCUT2D eigenvalue weighted by atomic mass is 35.5. The molecule has 0 fully saturated rings. The Morgan fingerprint density at radius 2 is 1.78 bits per heavy atom. The van der Waals surface area contributed by atoms with Crippen molar-refractivity contribution in [1.82, 2.24) is 4.98 Å². The topological polar surface area (TPSA) is 65.1 Å². The quantitative estimate of drug-likeness (QED) is 0.736. The molecule has 7 heteroatoms. The summed E-state index contributed by atoms with van der Waals surface area (Å²) in [6.45, 7) is 0. The number of hydrogen-bond acceptors (Lipinski definition) is 2. The highest BCUT2D eigenvalue weighted by Crippen LogP contribution is 2.34. The van der Waals surface area contributed by atoms with E-state index in [4.69, 9.17) is 34.8 Å². The van der Waals surface area contributed by atoms with Gasteiger partial charge in [0.25, 0.3) is 5.91 Å². The number of aromatic amines is 1. The van der Waals surface area contributed by atoms with Crippen LogP contribution in [-0.2, 0) is 0 Å². The summed E-state index contributed by atoms with van der Waals surface area (Å²) in [5.74, 6) is -0.612. The fourth-order valence-electron chi connectivity index (χ4n) is 1.34. The Labute approximate surface area is 117 Å². The van der Waals surface area contributed by atoms with Gasteiger partial charge in [-0.3, -0.25) is 4.79 Å². The molecule has 1 amide bonds. The zero-order chi connectivity index (χ0) is 13.3. The largest absolute Gasteiger partial charge is 0.505 e. The molecule has 94 valence electrons. The molecule has 0 saturated heterocycles. The highest BCUT2D eigenvalue weighted by Gasteiger charge is 2.11. The van der Waals surface area contributed by atoms with Crippen molar-refractivity contribution < 1.29 is 9.90 Å². The first-order valence-electron chi connectivity index (χ1n) is 4.80. The van der Waals surface area contributed by atoms with Gasteiger partial charge in [-0.15, -0.1) is 0 Å². The first-order valence-corrected chi connectivity index (χ1v) is 5.94. The van der Waals surface area contributed by atoms with E-state index in [9.17, 15) is 9.90 Å². The SMILES string of the molecule is O=C(Nc1cc(Cl)c(O)c(Cl)c1)c1cc(Cl)c[nH]1. The summed E-state index contributed by atoms with van der Waals surface area (Å²) in [5.41, 5.74) is 0.679. The van der Waals surface area contributed by atoms with Gasteiger partial charge in [-0.25, -0.2) is 0 Å². The van der Waals surface area contributed by atoms with Gasteiger partial charge in [-0.1, -0.05) is 34.8 Å². The number of halogens is 3. The number of phenols is 1. The van der Waals surface area contributed by atoms with Crippen LogP contribution in [0.5, 0.6) is 5.75 Å². The number of aromatic nitrogens is 1. The molecule has 0 aliphatic heterocycles. The summed E-state index contributed by atoms with van der Waals surface area (Å²) in [6, 6.07) is 4.27. The molecule has 0 aliphatic carbocycles. The van der Waals surface area contributed by atoms with Crippen molar-refractivity contribution in [1.29, 1.82) is 0 Å². The number of carbonyl (C=O) groups is 1. The predicted octanol–water partition coefficient (Wildman–Crippen LogP) is 3.93. The molecule has 1 aromatic carbocycles. The molecule has 0 radical (unpaired) electrons. The Morgan fingerprint density at radius 3 is 2.28 bits per heavy atom. The van der Waals surface area contributed by atoms with Crippen LogP contribution in [0.15, 0.2) is 24.4 Å². The number of H-pyrrole nitrogens is 1. The summed E-state index contributed by atoms with van der Waals surface area (Å²) < 4.78 is 0. The summed E-state index contributed by atoms with van der Waals surface area (Å²) >= 11 is 17.2. The van der Waals surface area contributed by atoms with Crippen LogP contribution >= 0.6 is 34.8 Å². The molecule has 0 saturated carbocycles. The molecule has 4 nitrogen and oxygen atoms in total. The van der Waals surface area contributed by atoms with Gasteiger partial charge in [-0.2, -0.15) is 0 Å². The van der Waals surface area contributed by atoms with Gasteiger partial charge in [0.05, 0.1) is 15.1 Å². The van der Waals surface area contributed by atoms with Crippen molar-refractivity contribution in [2.75, 3.05) is 5.32 Å². The number of rotatable bonds is 2. The second kappa shape index (κ2) is 5.10. The molecular weight excluding hydrogens is 298 g/mol. The third kappa shape index (κ3) is 2.72. The second-order valence-corrected chi connectivity index (χ2v) is 4.73. The second-order valence-electron chi connectivity index (χ2n) is 3.47. The van der Waals surface area contributed by atoms with Crippen LogP contribution in [0.2, 0.25) is 15.1 Å². The van der Waals surface area contributed by atoms with Crippen molar-refractivity contribution in [3.63, 3.8) is 0 Å². The third-order valence-corrected chi connectivity index (χ3v) is 2.96. The average molecular weight is 306 g/mol. The maximum Gasteiger partial charge on any atom is 0.272 e. The van der Waals surface area contributed by atoms with Crippen LogP contribution in [0, 0.1) is 0 Å². The number of carbonyl (C=O) groups excluding carboxylic acids is 1. The van der Waals surface area contributed by atoms with Gasteiger partial charge in [0.2, 0.25) is 0 Å². The van der Waals surface area contributed by atoms with E-state index in [1.165, 1.54) is 24.4 Å². The molecule has 3 N–H and O–H groups in total. The number of phenolic OH excluding ortho intramolecular Hbond substituents is 1. The Morgan fingerprint density at radius 1 is 1.17 bits per heavy atom. The van der Waals surface area contributed by atoms with Crippen LogP contribution in [-0.4, -0.2) is 16.0 Å². The summed E-state index contributed by atoms with van der Waals surface area (Å²) in [6.07, 6.45) is 1.49. The van der Waals surface area contributed by atoms with Gasteiger partial charge in [0.1, 0.15) is 5.69 Å². The standard InChI is InChI=1S/C11H7Cl3N2O2/c12-5-1-9(15-4-5)11(18)16-6-2-7(13)10(17)8(14)3-6/h1-4,15,17H,(H,16,18). The van der Waals surface area contributed by atoms with Crippen LogP contribution < -0.4 is 5.32 Å². The van der Waals surface area contributed by atoms with Crippen molar-refractivity contribution >= 4 is 46.4 Å². The maximum atomic E-state index is 11.8. The molecule has 1 aromatic heterocycles. The van der Waals surface area contributed by atoms with Crippen LogP contribution in [0.4, 0.5) is 5.69 Å². The lowest BCUT2D eigenvalue weighted by Crippen LogP contribution is -2.12. The monoisotopic (exact) mass is 304 g/mol. The van der Waals surface area contributed by atoms with E-state index in [0.717, 1.165) is 0 Å². The lowest BCUT2D eigenvalue weighted by Gasteiger charge is -2.06. The van der Waals surface area contributed by atoms with Crippen LogP contribution in [0.3, 0.4) is 0 Å². The molecule has 1 heterocycles. The number of hydrogen-bond donors (Lipinski definition) is 3. The Bertz CT molecular complexity index is 587. The zero-order valence-electron chi connectivity index (χ0n) is 8.80.